The summed E-state index contributed by atoms with van der Waals surface area (Å²) in [6.07, 6.45) is 0.726. The second-order valence-corrected chi connectivity index (χ2v) is 4.77. The van der Waals surface area contributed by atoms with Gasteiger partial charge in [0.05, 0.1) is 13.1 Å². The van der Waals surface area contributed by atoms with Crippen LogP contribution in [0.15, 0.2) is 0 Å². The second-order valence-electron chi connectivity index (χ2n) is 4.77. The highest BCUT2D eigenvalue weighted by Gasteiger charge is 2.34. The van der Waals surface area contributed by atoms with E-state index in [1.54, 1.807) is 9.80 Å². The number of amides is 2. The van der Waals surface area contributed by atoms with Crippen molar-refractivity contribution >= 4 is 12.0 Å². The Morgan fingerprint density at radius 3 is 2.17 bits per heavy atom. The van der Waals surface area contributed by atoms with Crippen LogP contribution in [-0.2, 0) is 9.53 Å². The molecule has 5 heteroatoms. The molecule has 0 bridgehead atoms. The number of rotatable bonds is 1. The summed E-state index contributed by atoms with van der Waals surface area (Å²) < 4.78 is 5.29. The maximum absolute atomic E-state index is 11.7. The zero-order valence-corrected chi connectivity index (χ0v) is 11.8. The smallest absolute Gasteiger partial charge is 0.410 e. The van der Waals surface area contributed by atoms with Crippen LogP contribution in [0.5, 0.6) is 0 Å². The van der Waals surface area contributed by atoms with Crippen molar-refractivity contribution < 1.29 is 14.3 Å². The fraction of sp³-hybridized carbons (Fsp3) is 0.846. The predicted octanol–water partition coefficient (Wildman–Crippen LogP) is 1.72. The molecule has 1 atom stereocenters. The molecule has 0 aromatic heterocycles. The Morgan fingerprint density at radius 2 is 1.72 bits per heavy atom. The SMILES string of the molecule is CC.CC(=O)N1CC(OC(=O)N2CCC(C)C2)C1. The van der Waals surface area contributed by atoms with Gasteiger partial charge in [-0.15, -0.1) is 0 Å². The van der Waals surface area contributed by atoms with Crippen molar-refractivity contribution in [1.29, 1.82) is 0 Å². The van der Waals surface area contributed by atoms with Crippen molar-refractivity contribution in [3.63, 3.8) is 0 Å². The van der Waals surface area contributed by atoms with E-state index in [1.807, 2.05) is 13.8 Å². The molecule has 2 aliphatic rings. The van der Waals surface area contributed by atoms with Gasteiger partial charge in [-0.1, -0.05) is 20.8 Å². The molecule has 0 N–H and O–H groups in total. The minimum absolute atomic E-state index is 0.0436. The number of carbonyl (C=O) groups excluding carboxylic acids is 2. The van der Waals surface area contributed by atoms with Crippen LogP contribution in [-0.4, -0.2) is 54.1 Å². The fourth-order valence-corrected chi connectivity index (χ4v) is 2.09. The van der Waals surface area contributed by atoms with Gasteiger partial charge in [-0.3, -0.25) is 4.79 Å². The van der Waals surface area contributed by atoms with E-state index in [0.717, 1.165) is 19.5 Å². The number of nitrogens with zero attached hydrogens (tertiary/aromatic N) is 2. The molecule has 2 amide bonds. The zero-order valence-electron chi connectivity index (χ0n) is 11.8. The van der Waals surface area contributed by atoms with Crippen molar-refractivity contribution in [3.05, 3.63) is 0 Å². The van der Waals surface area contributed by atoms with Crippen molar-refractivity contribution in [2.45, 2.75) is 40.2 Å². The van der Waals surface area contributed by atoms with Gasteiger partial charge < -0.3 is 14.5 Å². The number of likely N-dealkylation sites (tertiary alicyclic amines) is 2. The molecular weight excluding hydrogens is 232 g/mol. The van der Waals surface area contributed by atoms with Crippen molar-refractivity contribution in [2.75, 3.05) is 26.2 Å². The summed E-state index contributed by atoms with van der Waals surface area (Å²) in [6.45, 7) is 10.3. The van der Waals surface area contributed by atoms with Gasteiger partial charge in [0.1, 0.15) is 6.10 Å². The molecule has 2 heterocycles. The number of carbonyl (C=O) groups is 2. The third-order valence-electron chi connectivity index (χ3n) is 3.24. The monoisotopic (exact) mass is 256 g/mol. The molecule has 5 nitrogen and oxygen atoms in total. The van der Waals surface area contributed by atoms with Gasteiger partial charge >= 0.3 is 6.09 Å². The molecule has 0 aliphatic carbocycles. The van der Waals surface area contributed by atoms with Gasteiger partial charge in [0.25, 0.3) is 0 Å². The first-order chi connectivity index (χ1) is 8.56. The number of ether oxygens (including phenoxy) is 1. The lowest BCUT2D eigenvalue weighted by Crippen LogP contribution is -2.55. The number of hydrogen-bond acceptors (Lipinski definition) is 3. The van der Waals surface area contributed by atoms with Crippen LogP contribution in [0.3, 0.4) is 0 Å². The minimum Gasteiger partial charge on any atom is -0.442 e. The van der Waals surface area contributed by atoms with E-state index in [2.05, 4.69) is 6.92 Å². The molecule has 0 spiro atoms. The Hall–Kier alpha value is -1.26. The van der Waals surface area contributed by atoms with Crippen LogP contribution in [0.1, 0.15) is 34.1 Å². The summed E-state index contributed by atoms with van der Waals surface area (Å²) in [5, 5.41) is 0. The highest BCUT2D eigenvalue weighted by atomic mass is 16.6. The van der Waals surface area contributed by atoms with Gasteiger partial charge in [-0.2, -0.15) is 0 Å². The zero-order chi connectivity index (χ0) is 13.7. The molecule has 2 fully saturated rings. The van der Waals surface area contributed by atoms with E-state index in [0.29, 0.717) is 19.0 Å². The first kappa shape index (κ1) is 14.8. The van der Waals surface area contributed by atoms with E-state index in [9.17, 15) is 9.59 Å². The van der Waals surface area contributed by atoms with Gasteiger partial charge in [0.2, 0.25) is 5.91 Å². The van der Waals surface area contributed by atoms with E-state index in [4.69, 9.17) is 4.74 Å². The van der Waals surface area contributed by atoms with Gasteiger partial charge in [-0.25, -0.2) is 4.79 Å². The Morgan fingerprint density at radius 1 is 1.11 bits per heavy atom. The van der Waals surface area contributed by atoms with Crippen molar-refractivity contribution in [3.8, 4) is 0 Å². The van der Waals surface area contributed by atoms with Crippen LogP contribution in [0, 0.1) is 5.92 Å². The van der Waals surface area contributed by atoms with E-state index in [1.165, 1.54) is 6.92 Å². The standard InChI is InChI=1S/C11H18N2O3.C2H6/c1-8-3-4-12(5-8)11(15)16-10-6-13(7-10)9(2)14;1-2/h8,10H,3-7H2,1-2H3;1-2H3. The predicted molar refractivity (Wildman–Crippen MR) is 69.2 cm³/mol. The Kier molecular flexibility index (Phi) is 5.44. The quantitative estimate of drug-likeness (QED) is 0.718. The summed E-state index contributed by atoms with van der Waals surface area (Å²) in [5.41, 5.74) is 0. The Balaban J connectivity index is 0.000000771. The summed E-state index contributed by atoms with van der Waals surface area (Å²) in [7, 11) is 0. The second kappa shape index (κ2) is 6.61. The van der Waals surface area contributed by atoms with Crippen LogP contribution >= 0.6 is 0 Å². The van der Waals surface area contributed by atoms with Gasteiger partial charge in [0.15, 0.2) is 0 Å². The van der Waals surface area contributed by atoms with E-state index < -0.39 is 0 Å². The molecule has 18 heavy (non-hydrogen) atoms. The summed E-state index contributed by atoms with van der Waals surface area (Å²) in [4.78, 5) is 26.0. The molecule has 2 rings (SSSR count). The van der Waals surface area contributed by atoms with Crippen LogP contribution in [0.25, 0.3) is 0 Å². The lowest BCUT2D eigenvalue weighted by atomic mass is 10.2. The molecule has 0 aromatic rings. The fourth-order valence-electron chi connectivity index (χ4n) is 2.09. The maximum Gasteiger partial charge on any atom is 0.410 e. The number of hydrogen-bond donors (Lipinski definition) is 0. The first-order valence-corrected chi connectivity index (χ1v) is 6.77. The third-order valence-corrected chi connectivity index (χ3v) is 3.24. The molecule has 0 saturated carbocycles. The first-order valence-electron chi connectivity index (χ1n) is 6.77. The Labute approximate surface area is 109 Å². The molecule has 0 radical (unpaired) electrons. The lowest BCUT2D eigenvalue weighted by Gasteiger charge is -2.38. The summed E-state index contributed by atoms with van der Waals surface area (Å²) in [5.74, 6) is 0.616. The maximum atomic E-state index is 11.7. The average Bonchev–Trinajstić information content (AvgIpc) is 2.71. The largest absolute Gasteiger partial charge is 0.442 e. The summed E-state index contributed by atoms with van der Waals surface area (Å²) >= 11 is 0. The Bertz CT molecular complexity index is 301. The van der Waals surface area contributed by atoms with Gasteiger partial charge in [0, 0.05) is 20.0 Å². The summed E-state index contributed by atoms with van der Waals surface area (Å²) in [6, 6.07) is 0. The highest BCUT2D eigenvalue weighted by Crippen LogP contribution is 2.18. The minimum atomic E-state index is -0.224. The highest BCUT2D eigenvalue weighted by molar-refractivity contribution is 5.74. The average molecular weight is 256 g/mol. The van der Waals surface area contributed by atoms with Crippen LogP contribution in [0.2, 0.25) is 0 Å². The molecule has 2 aliphatic heterocycles. The molecule has 2 saturated heterocycles. The molecule has 0 aromatic carbocycles. The molecule has 104 valence electrons. The van der Waals surface area contributed by atoms with Gasteiger partial charge in [-0.05, 0) is 12.3 Å². The molecular formula is C13H24N2O3. The lowest BCUT2D eigenvalue weighted by molar-refractivity contribution is -0.139. The molecule has 1 unspecified atom stereocenters. The van der Waals surface area contributed by atoms with Crippen molar-refractivity contribution in [2.24, 2.45) is 5.92 Å². The van der Waals surface area contributed by atoms with E-state index in [-0.39, 0.29) is 18.1 Å². The van der Waals surface area contributed by atoms with E-state index >= 15 is 0 Å². The third kappa shape index (κ3) is 3.62. The van der Waals surface area contributed by atoms with Crippen molar-refractivity contribution in [1.82, 2.24) is 9.80 Å². The topological polar surface area (TPSA) is 49.9 Å². The van der Waals surface area contributed by atoms with Crippen LogP contribution < -0.4 is 0 Å². The van der Waals surface area contributed by atoms with Crippen LogP contribution in [0.4, 0.5) is 4.79 Å². The normalized spacial score (nSPS) is 23.0.